The maximum Gasteiger partial charge on any atom is 0.190 e. The SMILES string of the molecule is CC1CN2C3=NC=CC(=O)C3=CC3C=CC=CC3=C2CN1. The third kappa shape index (κ3) is 1.94. The molecule has 0 amide bonds. The molecule has 3 aliphatic heterocycles. The number of piperazine rings is 1. The Hall–Kier alpha value is -2.20. The molecule has 4 rings (SSSR count). The van der Waals surface area contributed by atoms with E-state index < -0.39 is 0 Å². The molecule has 1 saturated heterocycles. The molecule has 0 aromatic heterocycles. The van der Waals surface area contributed by atoms with Crippen molar-refractivity contribution in [3.63, 3.8) is 0 Å². The van der Waals surface area contributed by atoms with Crippen LogP contribution in [0.1, 0.15) is 6.92 Å². The van der Waals surface area contributed by atoms with Gasteiger partial charge in [0, 0.05) is 43.0 Å². The Morgan fingerprint density at radius 1 is 1.33 bits per heavy atom. The number of nitrogens with zero attached hydrogens (tertiary/aromatic N) is 2. The van der Waals surface area contributed by atoms with Crippen molar-refractivity contribution in [1.29, 1.82) is 0 Å². The molecular weight excluding hydrogens is 262 g/mol. The summed E-state index contributed by atoms with van der Waals surface area (Å²) in [6.07, 6.45) is 13.6. The summed E-state index contributed by atoms with van der Waals surface area (Å²) in [5.74, 6) is 1.00. The van der Waals surface area contributed by atoms with Crippen molar-refractivity contribution in [1.82, 2.24) is 10.2 Å². The fourth-order valence-corrected chi connectivity index (χ4v) is 3.28. The van der Waals surface area contributed by atoms with Gasteiger partial charge in [-0.1, -0.05) is 30.4 Å². The lowest BCUT2D eigenvalue weighted by molar-refractivity contribution is -0.111. The van der Waals surface area contributed by atoms with Gasteiger partial charge in [0.15, 0.2) is 5.78 Å². The van der Waals surface area contributed by atoms with E-state index in [9.17, 15) is 4.79 Å². The molecule has 106 valence electrons. The van der Waals surface area contributed by atoms with E-state index in [1.807, 2.05) is 6.08 Å². The highest BCUT2D eigenvalue weighted by Crippen LogP contribution is 2.33. The number of fused-ring (bicyclic) bond motifs is 4. The van der Waals surface area contributed by atoms with Crippen molar-refractivity contribution >= 4 is 11.6 Å². The number of amidine groups is 1. The third-order valence-electron chi connectivity index (χ3n) is 4.33. The van der Waals surface area contributed by atoms with Crippen molar-refractivity contribution in [3.05, 3.63) is 59.5 Å². The molecule has 4 heteroatoms. The highest BCUT2D eigenvalue weighted by molar-refractivity contribution is 6.27. The lowest BCUT2D eigenvalue weighted by Crippen LogP contribution is -2.51. The van der Waals surface area contributed by atoms with Crippen LogP contribution in [0.3, 0.4) is 0 Å². The van der Waals surface area contributed by atoms with Gasteiger partial charge in [0.25, 0.3) is 0 Å². The van der Waals surface area contributed by atoms with E-state index in [4.69, 9.17) is 0 Å². The molecule has 2 atom stereocenters. The summed E-state index contributed by atoms with van der Waals surface area (Å²) in [5.41, 5.74) is 3.21. The Morgan fingerprint density at radius 3 is 3.14 bits per heavy atom. The number of ketones is 1. The van der Waals surface area contributed by atoms with Gasteiger partial charge in [0.05, 0.1) is 5.57 Å². The Morgan fingerprint density at radius 2 is 2.24 bits per heavy atom. The largest absolute Gasteiger partial charge is 0.326 e. The van der Waals surface area contributed by atoms with Crippen LogP contribution < -0.4 is 5.32 Å². The average molecular weight is 279 g/mol. The molecular formula is C17H17N3O. The number of nitrogens with one attached hydrogen (secondary N) is 1. The van der Waals surface area contributed by atoms with Gasteiger partial charge in [0.2, 0.25) is 0 Å². The molecule has 1 fully saturated rings. The molecule has 0 aromatic rings. The molecule has 1 N–H and O–H groups in total. The Kier molecular flexibility index (Phi) is 2.79. The van der Waals surface area contributed by atoms with Crippen LogP contribution in [0.15, 0.2) is 64.5 Å². The van der Waals surface area contributed by atoms with Crippen molar-refractivity contribution < 1.29 is 4.79 Å². The first kappa shape index (κ1) is 12.5. The molecule has 0 radical (unpaired) electrons. The summed E-state index contributed by atoms with van der Waals surface area (Å²) < 4.78 is 0. The second-order valence-corrected chi connectivity index (χ2v) is 5.78. The Labute approximate surface area is 123 Å². The predicted octanol–water partition coefficient (Wildman–Crippen LogP) is 1.71. The van der Waals surface area contributed by atoms with Crippen molar-refractivity contribution in [2.45, 2.75) is 13.0 Å². The summed E-state index contributed by atoms with van der Waals surface area (Å²) in [6.45, 7) is 3.80. The van der Waals surface area contributed by atoms with Gasteiger partial charge in [-0.15, -0.1) is 0 Å². The minimum absolute atomic E-state index is 0.0507. The highest BCUT2D eigenvalue weighted by atomic mass is 16.1. The maximum absolute atomic E-state index is 12.3. The fourth-order valence-electron chi connectivity index (χ4n) is 3.28. The maximum atomic E-state index is 12.3. The van der Waals surface area contributed by atoms with Crippen LogP contribution in [0.25, 0.3) is 0 Å². The molecule has 2 unspecified atom stereocenters. The van der Waals surface area contributed by atoms with E-state index in [2.05, 4.69) is 46.4 Å². The van der Waals surface area contributed by atoms with Crippen LogP contribution in [-0.4, -0.2) is 35.7 Å². The zero-order valence-corrected chi connectivity index (χ0v) is 11.9. The Bertz CT molecular complexity index is 691. The number of carbonyl (C=O) groups is 1. The number of hydrogen-bond acceptors (Lipinski definition) is 4. The zero-order chi connectivity index (χ0) is 14.4. The number of allylic oxidation sites excluding steroid dienone is 7. The molecule has 0 aromatic carbocycles. The van der Waals surface area contributed by atoms with Crippen LogP contribution in [0.2, 0.25) is 0 Å². The van der Waals surface area contributed by atoms with E-state index in [1.165, 1.54) is 11.3 Å². The van der Waals surface area contributed by atoms with Gasteiger partial charge >= 0.3 is 0 Å². The quantitative estimate of drug-likeness (QED) is 0.734. The summed E-state index contributed by atoms with van der Waals surface area (Å²) in [5, 5.41) is 3.51. The van der Waals surface area contributed by atoms with Gasteiger partial charge in [-0.25, -0.2) is 4.99 Å². The van der Waals surface area contributed by atoms with Gasteiger partial charge in [-0.3, -0.25) is 4.79 Å². The first-order valence-corrected chi connectivity index (χ1v) is 7.34. The van der Waals surface area contributed by atoms with E-state index >= 15 is 0 Å². The van der Waals surface area contributed by atoms with E-state index in [1.54, 1.807) is 12.3 Å². The molecule has 21 heavy (non-hydrogen) atoms. The number of rotatable bonds is 0. The van der Waals surface area contributed by atoms with Crippen molar-refractivity contribution in [3.8, 4) is 0 Å². The Balaban J connectivity index is 1.92. The lowest BCUT2D eigenvalue weighted by atomic mass is 9.90. The van der Waals surface area contributed by atoms with Crippen molar-refractivity contribution in [2.24, 2.45) is 10.9 Å². The van der Waals surface area contributed by atoms with Crippen LogP contribution >= 0.6 is 0 Å². The van der Waals surface area contributed by atoms with Crippen LogP contribution in [0.5, 0.6) is 0 Å². The second-order valence-electron chi connectivity index (χ2n) is 5.78. The van der Waals surface area contributed by atoms with Gasteiger partial charge in [0.1, 0.15) is 5.84 Å². The molecule has 0 bridgehead atoms. The second kappa shape index (κ2) is 4.67. The van der Waals surface area contributed by atoms with E-state index in [0.29, 0.717) is 6.04 Å². The summed E-state index contributed by atoms with van der Waals surface area (Å²) in [4.78, 5) is 19.0. The number of aliphatic imine (C=N–C) groups is 1. The molecule has 0 spiro atoms. The summed E-state index contributed by atoms with van der Waals surface area (Å²) in [6, 6.07) is 0.374. The highest BCUT2D eigenvalue weighted by Gasteiger charge is 2.34. The van der Waals surface area contributed by atoms with Gasteiger partial charge in [-0.05, 0) is 12.5 Å². The van der Waals surface area contributed by atoms with Crippen molar-refractivity contribution in [2.75, 3.05) is 13.1 Å². The first-order valence-electron chi connectivity index (χ1n) is 7.34. The normalized spacial score (nSPS) is 30.3. The van der Waals surface area contributed by atoms with E-state index in [0.717, 1.165) is 24.5 Å². The molecule has 1 aliphatic carbocycles. The standard InChI is InChI=1S/C17H17N3O/c1-11-10-20-15(9-19-11)13-5-3-2-4-12(13)8-14-16(21)6-7-18-17(14)20/h2-8,11-12,19H,9-10H2,1H3. The minimum Gasteiger partial charge on any atom is -0.326 e. The van der Waals surface area contributed by atoms with Gasteiger partial charge in [-0.2, -0.15) is 0 Å². The molecule has 3 heterocycles. The van der Waals surface area contributed by atoms with Crippen LogP contribution in [0, 0.1) is 5.92 Å². The first-order chi connectivity index (χ1) is 10.2. The zero-order valence-electron chi connectivity index (χ0n) is 11.9. The van der Waals surface area contributed by atoms with E-state index in [-0.39, 0.29) is 11.7 Å². The fraction of sp³-hybridized carbons (Fsp3) is 0.294. The number of carbonyl (C=O) groups excluding carboxylic acids is 1. The third-order valence-corrected chi connectivity index (χ3v) is 4.33. The minimum atomic E-state index is 0.0507. The summed E-state index contributed by atoms with van der Waals surface area (Å²) >= 11 is 0. The summed E-state index contributed by atoms with van der Waals surface area (Å²) in [7, 11) is 0. The van der Waals surface area contributed by atoms with Crippen LogP contribution in [-0.2, 0) is 4.79 Å². The monoisotopic (exact) mass is 279 g/mol. The number of hydrogen-bond donors (Lipinski definition) is 1. The van der Waals surface area contributed by atoms with Crippen LogP contribution in [0.4, 0.5) is 0 Å². The molecule has 4 aliphatic rings. The average Bonchev–Trinajstić information content (AvgIpc) is 2.63. The molecule has 4 nitrogen and oxygen atoms in total. The van der Waals surface area contributed by atoms with Gasteiger partial charge < -0.3 is 10.2 Å². The lowest BCUT2D eigenvalue weighted by Gasteiger charge is -2.37. The topological polar surface area (TPSA) is 44.7 Å². The molecule has 0 saturated carbocycles. The predicted molar refractivity (Wildman–Crippen MR) is 82.6 cm³/mol. The smallest absolute Gasteiger partial charge is 0.190 e.